The number of aryl methyl sites for hydroxylation is 1. The van der Waals surface area contributed by atoms with Gasteiger partial charge in [-0.1, -0.05) is 49.1 Å². The highest BCUT2D eigenvalue weighted by atomic mass is 32.2. The number of hydrogen-bond acceptors (Lipinski definition) is 7. The molecule has 0 aliphatic rings. The van der Waals surface area contributed by atoms with Crippen LogP contribution in [0, 0.1) is 0 Å². The van der Waals surface area contributed by atoms with E-state index in [2.05, 4.69) is 22.4 Å². The number of rotatable bonds is 11. The monoisotopic (exact) mass is 442 g/mol. The zero-order valence-corrected chi connectivity index (χ0v) is 18.8. The summed E-state index contributed by atoms with van der Waals surface area (Å²) < 4.78 is 26.5. The van der Waals surface area contributed by atoms with E-state index in [1.54, 1.807) is 23.9 Å². The van der Waals surface area contributed by atoms with E-state index in [1.165, 1.54) is 21.9 Å². The molecule has 2 aromatic rings. The van der Waals surface area contributed by atoms with Gasteiger partial charge in [0.15, 0.2) is 4.34 Å². The van der Waals surface area contributed by atoms with Crippen molar-refractivity contribution < 1.29 is 13.2 Å². The number of amides is 1. The van der Waals surface area contributed by atoms with Crippen LogP contribution in [0.2, 0.25) is 0 Å². The third kappa shape index (κ3) is 7.06. The minimum atomic E-state index is -3.42. The van der Waals surface area contributed by atoms with Gasteiger partial charge in [0.1, 0.15) is 0 Å². The van der Waals surface area contributed by atoms with Gasteiger partial charge in [0.2, 0.25) is 21.1 Å². The molecule has 1 amide bonds. The number of hydrogen-bond donors (Lipinski definition) is 1. The van der Waals surface area contributed by atoms with Crippen LogP contribution in [-0.2, 0) is 21.2 Å². The molecule has 10 heteroatoms. The summed E-state index contributed by atoms with van der Waals surface area (Å²) >= 11 is 2.96. The third-order valence-electron chi connectivity index (χ3n) is 3.88. The molecule has 1 aromatic carbocycles. The Balaban J connectivity index is 1.89. The minimum Gasteiger partial charge on any atom is -0.301 e. The van der Waals surface area contributed by atoms with Crippen molar-refractivity contribution in [3.05, 3.63) is 29.8 Å². The van der Waals surface area contributed by atoms with E-state index in [-0.39, 0.29) is 18.9 Å². The molecule has 0 aliphatic carbocycles. The first kappa shape index (κ1) is 22.6. The number of thioether (sulfide) groups is 1. The van der Waals surface area contributed by atoms with E-state index in [0.717, 1.165) is 28.5 Å². The molecule has 0 atom stereocenters. The van der Waals surface area contributed by atoms with Gasteiger partial charge in [-0.3, -0.25) is 9.10 Å². The molecule has 0 spiro atoms. The molecule has 7 nitrogen and oxygen atoms in total. The Morgan fingerprint density at radius 1 is 1.21 bits per heavy atom. The topological polar surface area (TPSA) is 92.3 Å². The first-order chi connectivity index (χ1) is 13.3. The van der Waals surface area contributed by atoms with Gasteiger partial charge in [0, 0.05) is 18.7 Å². The summed E-state index contributed by atoms with van der Waals surface area (Å²) in [5, 5.41) is 11.2. The summed E-state index contributed by atoms with van der Waals surface area (Å²) in [5.74, 6) is 0.765. The number of benzene rings is 1. The maximum absolute atomic E-state index is 12.1. The average Bonchev–Trinajstić information content (AvgIpc) is 3.10. The summed E-state index contributed by atoms with van der Waals surface area (Å²) in [4.78, 5) is 12.1. The molecule has 0 bridgehead atoms. The van der Waals surface area contributed by atoms with Crippen LogP contribution in [-0.4, -0.2) is 43.1 Å². The summed E-state index contributed by atoms with van der Waals surface area (Å²) in [6.45, 7) is 4.38. The van der Waals surface area contributed by atoms with E-state index in [0.29, 0.717) is 17.2 Å². The Hall–Kier alpha value is -1.65. The number of nitrogens with zero attached hydrogens (tertiary/aromatic N) is 3. The van der Waals surface area contributed by atoms with Crippen LogP contribution < -0.4 is 9.62 Å². The molecule has 0 fully saturated rings. The van der Waals surface area contributed by atoms with E-state index in [9.17, 15) is 13.2 Å². The Morgan fingerprint density at radius 3 is 2.54 bits per heavy atom. The van der Waals surface area contributed by atoms with Crippen molar-refractivity contribution in [3.8, 4) is 0 Å². The van der Waals surface area contributed by atoms with Gasteiger partial charge in [0.25, 0.3) is 0 Å². The van der Waals surface area contributed by atoms with Crippen LogP contribution >= 0.6 is 23.1 Å². The first-order valence-corrected chi connectivity index (χ1v) is 12.8. The molecule has 0 radical (unpaired) electrons. The van der Waals surface area contributed by atoms with Crippen molar-refractivity contribution in [1.29, 1.82) is 0 Å². The SMILES string of the molecule is CCCSc1nnc(NC(=O)CCCN(c2ccc(CC)cc2)S(C)(=O)=O)s1. The molecular weight excluding hydrogens is 416 g/mol. The number of nitrogens with one attached hydrogen (secondary N) is 1. The third-order valence-corrected chi connectivity index (χ3v) is 7.25. The van der Waals surface area contributed by atoms with Gasteiger partial charge in [-0.15, -0.1) is 10.2 Å². The second-order valence-electron chi connectivity index (χ2n) is 6.23. The number of anilines is 2. The quantitative estimate of drug-likeness (QED) is 0.420. The van der Waals surface area contributed by atoms with Crippen molar-refractivity contribution in [1.82, 2.24) is 10.2 Å². The van der Waals surface area contributed by atoms with Crippen LogP contribution in [0.5, 0.6) is 0 Å². The Labute approximate surface area is 175 Å². The molecule has 2 rings (SSSR count). The Bertz CT molecular complexity index is 866. The molecule has 0 saturated heterocycles. The fourth-order valence-corrected chi connectivity index (χ4v) is 5.12. The largest absolute Gasteiger partial charge is 0.301 e. The average molecular weight is 443 g/mol. The summed E-state index contributed by atoms with van der Waals surface area (Å²) in [5.41, 5.74) is 1.76. The molecule has 28 heavy (non-hydrogen) atoms. The normalized spacial score (nSPS) is 11.4. The van der Waals surface area contributed by atoms with Crippen LogP contribution in [0.25, 0.3) is 0 Å². The van der Waals surface area contributed by atoms with Crippen molar-refractivity contribution >= 4 is 49.8 Å². The van der Waals surface area contributed by atoms with Gasteiger partial charge in [-0.2, -0.15) is 0 Å². The van der Waals surface area contributed by atoms with Gasteiger partial charge in [0.05, 0.1) is 11.9 Å². The standard InChI is InChI=1S/C18H26N4O3S3/c1-4-13-26-18-21-20-17(27-18)19-16(23)7-6-12-22(28(3,24)25)15-10-8-14(5-2)9-11-15/h8-11H,4-7,12-13H2,1-3H3,(H,19,20,23). The lowest BCUT2D eigenvalue weighted by atomic mass is 10.1. The van der Waals surface area contributed by atoms with Gasteiger partial charge in [-0.05, 0) is 37.0 Å². The zero-order chi connectivity index (χ0) is 20.6. The van der Waals surface area contributed by atoms with E-state index in [4.69, 9.17) is 0 Å². The van der Waals surface area contributed by atoms with Crippen LogP contribution in [0.15, 0.2) is 28.6 Å². The van der Waals surface area contributed by atoms with Crippen LogP contribution in [0.1, 0.15) is 38.7 Å². The second-order valence-corrected chi connectivity index (χ2v) is 10.5. The fraction of sp³-hybridized carbons (Fsp3) is 0.500. The highest BCUT2D eigenvalue weighted by molar-refractivity contribution is 8.01. The zero-order valence-electron chi connectivity index (χ0n) is 16.3. The summed E-state index contributed by atoms with van der Waals surface area (Å²) in [6, 6.07) is 7.45. The molecule has 0 unspecified atom stereocenters. The smallest absolute Gasteiger partial charge is 0.232 e. The van der Waals surface area contributed by atoms with Gasteiger partial charge < -0.3 is 5.32 Å². The van der Waals surface area contributed by atoms with E-state index < -0.39 is 10.0 Å². The fourth-order valence-electron chi connectivity index (χ4n) is 2.46. The van der Waals surface area contributed by atoms with Gasteiger partial charge in [-0.25, -0.2) is 8.42 Å². The number of sulfonamides is 1. The lowest BCUT2D eigenvalue weighted by molar-refractivity contribution is -0.116. The predicted octanol–water partition coefficient (Wildman–Crippen LogP) is 3.79. The van der Waals surface area contributed by atoms with Crippen LogP contribution in [0.3, 0.4) is 0 Å². The predicted molar refractivity (Wildman–Crippen MR) is 117 cm³/mol. The highest BCUT2D eigenvalue weighted by Gasteiger charge is 2.18. The first-order valence-electron chi connectivity index (χ1n) is 9.16. The number of carbonyl (C=O) groups excluding carboxylic acids is 1. The Morgan fingerprint density at radius 2 is 1.93 bits per heavy atom. The maximum Gasteiger partial charge on any atom is 0.232 e. The van der Waals surface area contributed by atoms with Crippen molar-refractivity contribution in [3.63, 3.8) is 0 Å². The minimum absolute atomic E-state index is 0.196. The van der Waals surface area contributed by atoms with Crippen molar-refractivity contribution in [2.75, 3.05) is 28.2 Å². The Kier molecular flexibility index (Phi) is 8.71. The number of aromatic nitrogens is 2. The van der Waals surface area contributed by atoms with Gasteiger partial charge >= 0.3 is 0 Å². The summed E-state index contributed by atoms with van der Waals surface area (Å²) in [7, 11) is -3.42. The molecule has 154 valence electrons. The molecule has 1 aromatic heterocycles. The number of carbonyl (C=O) groups is 1. The molecule has 1 heterocycles. The van der Waals surface area contributed by atoms with E-state index in [1.807, 2.05) is 19.1 Å². The van der Waals surface area contributed by atoms with Crippen molar-refractivity contribution in [2.45, 2.75) is 43.9 Å². The summed E-state index contributed by atoms with van der Waals surface area (Å²) in [6.07, 6.45) is 3.73. The molecule has 0 aliphatic heterocycles. The molecular formula is C18H26N4O3S3. The van der Waals surface area contributed by atoms with E-state index >= 15 is 0 Å². The lowest BCUT2D eigenvalue weighted by Gasteiger charge is -2.22. The second kappa shape index (κ2) is 10.8. The van der Waals surface area contributed by atoms with Crippen molar-refractivity contribution in [2.24, 2.45) is 0 Å². The maximum atomic E-state index is 12.1. The lowest BCUT2D eigenvalue weighted by Crippen LogP contribution is -2.31. The molecule has 1 N–H and O–H groups in total. The highest BCUT2D eigenvalue weighted by Crippen LogP contribution is 2.26. The van der Waals surface area contributed by atoms with Crippen LogP contribution in [0.4, 0.5) is 10.8 Å². The molecule has 0 saturated carbocycles.